The van der Waals surface area contributed by atoms with E-state index < -0.39 is 5.60 Å². The number of hydrogen-bond acceptors (Lipinski definition) is 6. The van der Waals surface area contributed by atoms with Crippen LogP contribution in [-0.2, 0) is 4.74 Å². The molecule has 202 valence electrons. The minimum absolute atomic E-state index is 0.261. The van der Waals surface area contributed by atoms with Crippen molar-refractivity contribution < 1.29 is 13.9 Å². The first-order chi connectivity index (χ1) is 17.8. The molecule has 0 atom stereocenters. The zero-order valence-electron chi connectivity index (χ0n) is 23.1. The molecule has 0 bridgehead atoms. The molecule has 0 aliphatic carbocycles. The molecule has 1 amide bonds. The number of benzene rings is 1. The summed E-state index contributed by atoms with van der Waals surface area (Å²) in [6.07, 6.45) is 6.92. The number of pyridine rings is 1. The van der Waals surface area contributed by atoms with Crippen molar-refractivity contribution in [3.05, 3.63) is 77.6 Å². The average molecular weight is 512 g/mol. The summed E-state index contributed by atoms with van der Waals surface area (Å²) in [4.78, 5) is 21.1. The topological polar surface area (TPSA) is 83.7 Å². The van der Waals surface area contributed by atoms with Gasteiger partial charge in [-0.2, -0.15) is 0 Å². The lowest BCUT2D eigenvalue weighted by Gasteiger charge is -2.30. The van der Waals surface area contributed by atoms with E-state index in [9.17, 15) is 9.18 Å². The fourth-order valence-corrected chi connectivity index (χ4v) is 4.16. The Kier molecular flexibility index (Phi) is 11.6. The summed E-state index contributed by atoms with van der Waals surface area (Å²) in [6.45, 7) is 10.5. The number of carbonyl (C=O) groups excluding carboxylic acids is 1. The molecule has 1 aromatic heterocycles. The van der Waals surface area contributed by atoms with Gasteiger partial charge in [0, 0.05) is 51.2 Å². The van der Waals surface area contributed by atoms with Gasteiger partial charge in [0.2, 0.25) is 0 Å². The van der Waals surface area contributed by atoms with E-state index in [-0.39, 0.29) is 11.9 Å². The first kappa shape index (κ1) is 29.8. The molecule has 8 heteroatoms. The maximum absolute atomic E-state index is 13.7. The number of nitrogens with one attached hydrogen (secondary N) is 1. The molecule has 3 N–H and O–H groups in total. The van der Waals surface area contributed by atoms with Crippen LogP contribution in [0.4, 0.5) is 9.18 Å². The number of allylic oxidation sites excluding steroid dienone is 3. The Hall–Kier alpha value is -3.39. The summed E-state index contributed by atoms with van der Waals surface area (Å²) < 4.78 is 19.4. The van der Waals surface area contributed by atoms with Crippen LogP contribution in [0.1, 0.15) is 51.7 Å². The van der Waals surface area contributed by atoms with Gasteiger partial charge in [0.15, 0.2) is 0 Å². The second kappa shape index (κ2) is 14.4. The monoisotopic (exact) mass is 511 g/mol. The van der Waals surface area contributed by atoms with Gasteiger partial charge in [0.25, 0.3) is 0 Å². The van der Waals surface area contributed by atoms with Gasteiger partial charge >= 0.3 is 6.09 Å². The van der Waals surface area contributed by atoms with E-state index in [1.807, 2.05) is 46.9 Å². The van der Waals surface area contributed by atoms with Crippen LogP contribution >= 0.6 is 0 Å². The number of hydrogen-bond donors (Lipinski definition) is 2. The molecule has 2 aromatic rings. The van der Waals surface area contributed by atoms with Crippen LogP contribution in [0.15, 0.2) is 60.7 Å². The third kappa shape index (κ3) is 8.05. The van der Waals surface area contributed by atoms with E-state index >= 15 is 0 Å². The molecule has 7 nitrogen and oxygen atoms in total. The third-order valence-electron chi connectivity index (χ3n) is 6.44. The lowest BCUT2D eigenvalue weighted by Crippen LogP contribution is -2.40. The fourth-order valence-electron chi connectivity index (χ4n) is 4.16. The largest absolute Gasteiger partial charge is 0.443 e. The van der Waals surface area contributed by atoms with Crippen LogP contribution in [0.5, 0.6) is 0 Å². The van der Waals surface area contributed by atoms with E-state index in [0.717, 1.165) is 47.5 Å². The highest BCUT2D eigenvalue weighted by atomic mass is 19.1. The van der Waals surface area contributed by atoms with Crippen molar-refractivity contribution >= 4 is 17.2 Å². The average Bonchev–Trinajstić information content (AvgIpc) is 3.17. The Bertz CT molecular complexity index is 1050. The fraction of sp³-hybridized carbons (Fsp3) is 0.448. The second-order valence-corrected chi connectivity index (χ2v) is 9.23. The number of nitrogens with two attached hydrogens (primary N) is 1. The second-order valence-electron chi connectivity index (χ2n) is 9.23. The predicted molar refractivity (Wildman–Crippen MR) is 149 cm³/mol. The maximum Gasteiger partial charge on any atom is 0.410 e. The summed E-state index contributed by atoms with van der Waals surface area (Å²) in [7, 11) is 3.41. The van der Waals surface area contributed by atoms with Crippen LogP contribution in [0.3, 0.4) is 0 Å². The highest BCUT2D eigenvalue weighted by molar-refractivity contribution is 6.05. The van der Waals surface area contributed by atoms with Crippen LogP contribution in [0.25, 0.3) is 11.1 Å². The zero-order chi connectivity index (χ0) is 27.4. The van der Waals surface area contributed by atoms with Gasteiger partial charge in [-0.15, -0.1) is 0 Å². The van der Waals surface area contributed by atoms with Crippen molar-refractivity contribution in [1.29, 1.82) is 0 Å². The number of aromatic nitrogens is 1. The van der Waals surface area contributed by atoms with E-state index in [0.29, 0.717) is 19.6 Å². The number of ether oxygens (including phenoxy) is 1. The summed E-state index contributed by atoms with van der Waals surface area (Å²) in [5, 5.41) is 3.42. The van der Waals surface area contributed by atoms with Gasteiger partial charge in [-0.1, -0.05) is 25.1 Å². The van der Waals surface area contributed by atoms with Crippen molar-refractivity contribution in [3.8, 4) is 0 Å². The first-order valence-corrected chi connectivity index (χ1v) is 12.8. The number of carbonyl (C=O) groups is 1. The van der Waals surface area contributed by atoms with Gasteiger partial charge in [-0.3, -0.25) is 4.98 Å². The SMILES string of the molecule is C/C=C(/C(=C(\NC)N1CCCN(C(=O)OC(C)(C)CC)CC1)c1ccncc1)c1ccc(F)cc1.CN. The van der Waals surface area contributed by atoms with Crippen molar-refractivity contribution in [3.63, 3.8) is 0 Å². The van der Waals surface area contributed by atoms with Gasteiger partial charge < -0.3 is 25.6 Å². The molecule has 1 fully saturated rings. The van der Waals surface area contributed by atoms with E-state index in [1.165, 1.54) is 19.2 Å². The Morgan fingerprint density at radius 2 is 1.65 bits per heavy atom. The van der Waals surface area contributed by atoms with Crippen molar-refractivity contribution in [1.82, 2.24) is 20.1 Å². The molecule has 1 saturated heterocycles. The maximum atomic E-state index is 13.7. The smallest absolute Gasteiger partial charge is 0.410 e. The van der Waals surface area contributed by atoms with Crippen LogP contribution < -0.4 is 11.1 Å². The lowest BCUT2D eigenvalue weighted by molar-refractivity contribution is 0.0122. The normalized spacial score (nSPS) is 15.2. The van der Waals surface area contributed by atoms with Crippen LogP contribution in [-0.4, -0.2) is 66.8 Å². The molecule has 0 radical (unpaired) electrons. The zero-order valence-corrected chi connectivity index (χ0v) is 23.1. The van der Waals surface area contributed by atoms with Gasteiger partial charge in [0.1, 0.15) is 17.2 Å². The van der Waals surface area contributed by atoms with Gasteiger partial charge in [0.05, 0.1) is 0 Å². The van der Waals surface area contributed by atoms with E-state index in [2.05, 4.69) is 27.0 Å². The summed E-state index contributed by atoms with van der Waals surface area (Å²) in [5.74, 6) is 0.691. The first-order valence-electron chi connectivity index (χ1n) is 12.8. The van der Waals surface area contributed by atoms with Gasteiger partial charge in [-0.05, 0) is 81.6 Å². The summed E-state index contributed by atoms with van der Waals surface area (Å²) in [5.41, 5.74) is 7.95. The molecule has 1 aliphatic rings. The minimum Gasteiger partial charge on any atom is -0.443 e. The molecular weight excluding hydrogens is 469 g/mol. The molecule has 1 aromatic carbocycles. The Morgan fingerprint density at radius 1 is 1.05 bits per heavy atom. The number of rotatable bonds is 7. The molecule has 1 aliphatic heterocycles. The van der Waals surface area contributed by atoms with Crippen LogP contribution in [0.2, 0.25) is 0 Å². The number of nitrogens with zero attached hydrogens (tertiary/aromatic N) is 3. The predicted octanol–water partition coefficient (Wildman–Crippen LogP) is 5.12. The molecular formula is C29H42FN5O2. The summed E-state index contributed by atoms with van der Waals surface area (Å²) in [6, 6.07) is 10.5. The van der Waals surface area contributed by atoms with E-state index in [4.69, 9.17) is 4.74 Å². The van der Waals surface area contributed by atoms with Crippen LogP contribution in [0, 0.1) is 5.82 Å². The standard InChI is InChI=1S/C28H37FN4O2.CH5N/c1-6-24(21-9-11-23(29)12-10-21)25(22-13-15-31-16-14-22)26(30-5)32-17-8-18-33(20-19-32)27(34)35-28(3,4)7-2;1-2/h6,9-16,30H,7-8,17-20H2,1-5H3;2H2,1H3/b24-6+,26-25+;. The highest BCUT2D eigenvalue weighted by Gasteiger charge is 2.28. The summed E-state index contributed by atoms with van der Waals surface area (Å²) >= 11 is 0. The molecule has 37 heavy (non-hydrogen) atoms. The lowest BCUT2D eigenvalue weighted by atomic mass is 9.92. The molecule has 2 heterocycles. The van der Waals surface area contributed by atoms with E-state index in [1.54, 1.807) is 29.4 Å². The third-order valence-corrected chi connectivity index (χ3v) is 6.44. The number of halogens is 1. The Morgan fingerprint density at radius 3 is 2.22 bits per heavy atom. The van der Waals surface area contributed by atoms with Crippen molar-refractivity contribution in [2.24, 2.45) is 5.73 Å². The van der Waals surface area contributed by atoms with Crippen molar-refractivity contribution in [2.75, 3.05) is 40.3 Å². The molecule has 0 saturated carbocycles. The van der Waals surface area contributed by atoms with Gasteiger partial charge in [-0.25, -0.2) is 9.18 Å². The molecule has 3 rings (SSSR count). The quantitative estimate of drug-likeness (QED) is 0.502. The number of amides is 1. The Balaban J connectivity index is 0.00000235. The van der Waals surface area contributed by atoms with Crippen molar-refractivity contribution in [2.45, 2.75) is 46.1 Å². The highest BCUT2D eigenvalue weighted by Crippen LogP contribution is 2.34. The minimum atomic E-state index is -0.483. The Labute approximate surface area is 221 Å². The molecule has 0 unspecified atom stereocenters. The molecule has 0 spiro atoms.